The summed E-state index contributed by atoms with van der Waals surface area (Å²) in [7, 11) is 3.01. The van der Waals surface area contributed by atoms with E-state index < -0.39 is 11.4 Å². The summed E-state index contributed by atoms with van der Waals surface area (Å²) in [6, 6.07) is 12.7. The highest BCUT2D eigenvalue weighted by Gasteiger charge is 2.24. The summed E-state index contributed by atoms with van der Waals surface area (Å²) in [6.07, 6.45) is 1.38. The highest BCUT2D eigenvalue weighted by Crippen LogP contribution is 2.41. The van der Waals surface area contributed by atoms with E-state index in [-0.39, 0.29) is 27.5 Å². The van der Waals surface area contributed by atoms with Gasteiger partial charge in [0, 0.05) is 23.4 Å². The highest BCUT2D eigenvalue weighted by molar-refractivity contribution is 6.36. The summed E-state index contributed by atoms with van der Waals surface area (Å²) < 4.78 is 25.6. The number of nitrogens with zero attached hydrogens (tertiary/aromatic N) is 2. The molecule has 2 aromatic heterocycles. The first kappa shape index (κ1) is 21.8. The molecule has 2 aromatic carbocycles. The minimum atomic E-state index is -0.557. The Kier molecular flexibility index (Phi) is 6.12. The van der Waals surface area contributed by atoms with Crippen LogP contribution in [0.2, 0.25) is 10.0 Å². The molecule has 0 spiro atoms. The van der Waals surface area contributed by atoms with Gasteiger partial charge in [0.15, 0.2) is 0 Å². The minimum Gasteiger partial charge on any atom is -0.497 e. The number of halogens is 3. The van der Waals surface area contributed by atoms with Crippen LogP contribution in [-0.4, -0.2) is 29.4 Å². The molecule has 9 heteroatoms. The number of rotatable bonds is 5. The van der Waals surface area contributed by atoms with Crippen LogP contribution in [0.5, 0.6) is 11.5 Å². The second kappa shape index (κ2) is 8.98. The van der Waals surface area contributed by atoms with Gasteiger partial charge in [-0.05, 0) is 35.9 Å². The molecular formula is C23H16Cl2FN3O3. The van der Waals surface area contributed by atoms with E-state index in [0.717, 1.165) is 0 Å². The number of hydrogen-bond donors (Lipinski definition) is 1. The maximum atomic E-state index is 14.8. The lowest BCUT2D eigenvalue weighted by atomic mass is 9.93. The number of H-pyrrole nitrogens is 1. The Labute approximate surface area is 192 Å². The van der Waals surface area contributed by atoms with Crippen molar-refractivity contribution in [1.82, 2.24) is 15.2 Å². The molecule has 0 fully saturated rings. The quantitative estimate of drug-likeness (QED) is 0.408. The van der Waals surface area contributed by atoms with Crippen molar-refractivity contribution in [3.8, 4) is 45.1 Å². The van der Waals surface area contributed by atoms with Gasteiger partial charge >= 0.3 is 0 Å². The van der Waals surface area contributed by atoms with Gasteiger partial charge in [0.25, 0.3) is 5.56 Å². The van der Waals surface area contributed by atoms with Crippen molar-refractivity contribution in [2.75, 3.05) is 14.2 Å². The Balaban J connectivity index is 2.16. The van der Waals surface area contributed by atoms with E-state index in [2.05, 4.69) is 15.2 Å². The fourth-order valence-electron chi connectivity index (χ4n) is 3.36. The van der Waals surface area contributed by atoms with Crippen LogP contribution in [0, 0.1) is 5.82 Å². The normalized spacial score (nSPS) is 10.8. The van der Waals surface area contributed by atoms with Crippen molar-refractivity contribution in [3.05, 3.63) is 80.9 Å². The second-order valence-electron chi connectivity index (χ2n) is 6.72. The third-order valence-electron chi connectivity index (χ3n) is 4.80. The van der Waals surface area contributed by atoms with Crippen LogP contribution in [0.3, 0.4) is 0 Å². The molecule has 162 valence electrons. The minimum absolute atomic E-state index is 0.107. The lowest BCUT2D eigenvalue weighted by Gasteiger charge is -2.16. The molecule has 0 saturated carbocycles. The van der Waals surface area contributed by atoms with Crippen LogP contribution in [0.25, 0.3) is 33.6 Å². The Morgan fingerprint density at radius 3 is 2.25 bits per heavy atom. The topological polar surface area (TPSA) is 77.1 Å². The molecule has 0 aliphatic rings. The lowest BCUT2D eigenvalue weighted by Crippen LogP contribution is -2.15. The molecule has 0 saturated heterocycles. The van der Waals surface area contributed by atoms with Gasteiger partial charge in [-0.3, -0.25) is 9.78 Å². The molecule has 4 aromatic rings. The van der Waals surface area contributed by atoms with Crippen molar-refractivity contribution in [1.29, 1.82) is 0 Å². The molecule has 6 nitrogen and oxygen atoms in total. The average Bonchev–Trinajstić information content (AvgIpc) is 2.79. The summed E-state index contributed by atoms with van der Waals surface area (Å²) in [6.45, 7) is 0. The van der Waals surface area contributed by atoms with Crippen LogP contribution in [0.1, 0.15) is 0 Å². The molecule has 0 atom stereocenters. The number of ether oxygens (including phenoxy) is 2. The Morgan fingerprint density at radius 1 is 0.938 bits per heavy atom. The first-order valence-corrected chi connectivity index (χ1v) is 10.1. The zero-order valence-electron chi connectivity index (χ0n) is 16.9. The Morgan fingerprint density at radius 2 is 1.62 bits per heavy atom. The van der Waals surface area contributed by atoms with Crippen LogP contribution >= 0.6 is 23.2 Å². The smallest absolute Gasteiger partial charge is 0.274 e. The molecule has 0 aliphatic carbocycles. The number of aromatic nitrogens is 3. The second-order valence-corrected chi connectivity index (χ2v) is 7.56. The molecule has 32 heavy (non-hydrogen) atoms. The van der Waals surface area contributed by atoms with Gasteiger partial charge in [-0.2, -0.15) is 5.10 Å². The average molecular weight is 472 g/mol. The van der Waals surface area contributed by atoms with Crippen LogP contribution in [0.4, 0.5) is 4.39 Å². The van der Waals surface area contributed by atoms with E-state index in [1.807, 2.05) is 0 Å². The molecule has 1 N–H and O–H groups in total. The molecular weight excluding hydrogens is 456 g/mol. The molecule has 4 rings (SSSR count). The molecule has 0 bridgehead atoms. The van der Waals surface area contributed by atoms with Gasteiger partial charge in [0.1, 0.15) is 23.0 Å². The summed E-state index contributed by atoms with van der Waals surface area (Å²) in [5.74, 6) is 0.435. The van der Waals surface area contributed by atoms with Gasteiger partial charge in [-0.25, -0.2) is 9.49 Å². The summed E-state index contributed by atoms with van der Waals surface area (Å²) in [5, 5.41) is 7.08. The van der Waals surface area contributed by atoms with Crippen molar-refractivity contribution in [3.63, 3.8) is 0 Å². The summed E-state index contributed by atoms with van der Waals surface area (Å²) in [5.41, 5.74) is 0.921. The van der Waals surface area contributed by atoms with Crippen LogP contribution in [0.15, 0.2) is 59.5 Å². The lowest BCUT2D eigenvalue weighted by molar-refractivity contribution is 0.394. The van der Waals surface area contributed by atoms with Crippen LogP contribution < -0.4 is 15.0 Å². The Hall–Kier alpha value is -3.42. The summed E-state index contributed by atoms with van der Waals surface area (Å²) in [4.78, 5) is 17.3. The fourth-order valence-corrected chi connectivity index (χ4v) is 3.83. The zero-order valence-corrected chi connectivity index (χ0v) is 18.5. The van der Waals surface area contributed by atoms with E-state index in [1.165, 1.54) is 32.5 Å². The van der Waals surface area contributed by atoms with Gasteiger partial charge in [-0.1, -0.05) is 35.3 Å². The number of aromatic amines is 1. The first-order chi connectivity index (χ1) is 15.4. The number of pyridine rings is 1. The van der Waals surface area contributed by atoms with Crippen molar-refractivity contribution in [2.45, 2.75) is 0 Å². The molecule has 0 amide bonds. The molecule has 2 heterocycles. The largest absolute Gasteiger partial charge is 0.497 e. The molecule has 0 aliphatic heterocycles. The fraction of sp³-hybridized carbons (Fsp3) is 0.0870. The molecule has 0 unspecified atom stereocenters. The zero-order chi connectivity index (χ0) is 22.8. The molecule has 0 radical (unpaired) electrons. The number of nitrogens with one attached hydrogen (secondary N) is 1. The maximum Gasteiger partial charge on any atom is 0.274 e. The van der Waals surface area contributed by atoms with Crippen molar-refractivity contribution < 1.29 is 13.9 Å². The van der Waals surface area contributed by atoms with Gasteiger partial charge in [0.05, 0.1) is 35.5 Å². The number of hydrogen-bond acceptors (Lipinski definition) is 5. The monoisotopic (exact) mass is 471 g/mol. The third-order valence-corrected chi connectivity index (χ3v) is 5.29. The third kappa shape index (κ3) is 4.04. The van der Waals surface area contributed by atoms with E-state index >= 15 is 0 Å². The SMILES string of the molecule is COc1cc(OC)cc(-c2c(-c3ccccc3F)n[nH]c(=O)c2-c2ncc(Cl)cc2Cl)c1. The predicted molar refractivity (Wildman–Crippen MR) is 122 cm³/mol. The Bertz CT molecular complexity index is 1350. The standard InChI is InChI=1S/C23H16Cl2FN3O3/c1-31-14-7-12(8-15(10-14)32-2)19-20(22-17(25)9-13(24)11-27-22)23(30)29-28-21(19)16-5-3-4-6-18(16)26/h3-11H,1-2H3,(H,29,30). The van der Waals surface area contributed by atoms with Gasteiger partial charge in [-0.15, -0.1) is 0 Å². The van der Waals surface area contributed by atoms with E-state index in [1.54, 1.807) is 36.4 Å². The predicted octanol–water partition coefficient (Wildman–Crippen LogP) is 5.63. The van der Waals surface area contributed by atoms with E-state index in [9.17, 15) is 9.18 Å². The van der Waals surface area contributed by atoms with E-state index in [0.29, 0.717) is 27.6 Å². The number of methoxy groups -OCH3 is 2. The van der Waals surface area contributed by atoms with Gasteiger partial charge in [0.2, 0.25) is 0 Å². The first-order valence-electron chi connectivity index (χ1n) is 9.35. The maximum absolute atomic E-state index is 14.8. The van der Waals surface area contributed by atoms with E-state index in [4.69, 9.17) is 32.7 Å². The van der Waals surface area contributed by atoms with Gasteiger partial charge < -0.3 is 9.47 Å². The van der Waals surface area contributed by atoms with Crippen molar-refractivity contribution in [2.24, 2.45) is 0 Å². The summed E-state index contributed by atoms with van der Waals surface area (Å²) >= 11 is 12.4. The van der Waals surface area contributed by atoms with Crippen molar-refractivity contribution >= 4 is 23.2 Å². The number of benzene rings is 2. The highest BCUT2D eigenvalue weighted by atomic mass is 35.5. The van der Waals surface area contributed by atoms with Crippen LogP contribution in [-0.2, 0) is 0 Å².